The van der Waals surface area contributed by atoms with Crippen molar-refractivity contribution >= 4 is 5.82 Å². The van der Waals surface area contributed by atoms with Gasteiger partial charge in [0.1, 0.15) is 5.75 Å². The van der Waals surface area contributed by atoms with Crippen LogP contribution in [-0.4, -0.2) is 63.6 Å². The molecule has 0 radical (unpaired) electrons. The van der Waals surface area contributed by atoms with Crippen LogP contribution in [0.15, 0.2) is 42.7 Å². The first-order chi connectivity index (χ1) is 13.6. The van der Waals surface area contributed by atoms with Gasteiger partial charge in [-0.1, -0.05) is 6.07 Å². The molecule has 1 aromatic carbocycles. The van der Waals surface area contributed by atoms with Gasteiger partial charge in [0.2, 0.25) is 0 Å². The molecule has 2 fully saturated rings. The Hall–Kier alpha value is -2.93. The van der Waals surface area contributed by atoms with E-state index < -0.39 is 0 Å². The van der Waals surface area contributed by atoms with Crippen molar-refractivity contribution in [2.45, 2.75) is 12.8 Å². The lowest BCUT2D eigenvalue weighted by atomic mass is 9.72. The smallest absolute Gasteiger partial charge is 0.151 e. The van der Waals surface area contributed by atoms with E-state index in [-0.39, 0.29) is 5.75 Å². The van der Waals surface area contributed by atoms with E-state index in [9.17, 15) is 5.11 Å². The summed E-state index contributed by atoms with van der Waals surface area (Å²) in [5, 5.41) is 26.0. The van der Waals surface area contributed by atoms with Gasteiger partial charge in [-0.25, -0.2) is 0 Å². The summed E-state index contributed by atoms with van der Waals surface area (Å²) in [5.41, 5.74) is 3.66. The van der Waals surface area contributed by atoms with Crippen LogP contribution in [0.2, 0.25) is 0 Å². The van der Waals surface area contributed by atoms with Crippen molar-refractivity contribution in [1.82, 2.24) is 25.3 Å². The average molecular weight is 376 g/mol. The number of piperidine rings is 1. The molecule has 0 unspecified atom stereocenters. The predicted octanol–water partition coefficient (Wildman–Crippen LogP) is 2.77. The maximum Gasteiger partial charge on any atom is 0.151 e. The number of rotatable bonds is 3. The molecule has 144 valence electrons. The Morgan fingerprint density at radius 3 is 2.50 bits per heavy atom. The standard InChI is InChI=1S/C21H24N6O/c1-26-8-6-21(7-9-26)13-27(14-21)20-5-4-18(24-25-20)17-3-2-15(10-19(17)28)16-11-22-23-12-16/h2-5,10-12,28H,6-9,13-14H2,1H3,(H,22,23). The molecule has 2 aliphatic heterocycles. The molecule has 0 atom stereocenters. The maximum atomic E-state index is 10.5. The lowest BCUT2D eigenvalue weighted by Crippen LogP contribution is -2.60. The second kappa shape index (κ2) is 6.60. The minimum atomic E-state index is 0.190. The maximum absolute atomic E-state index is 10.5. The van der Waals surface area contributed by atoms with Gasteiger partial charge in [0.15, 0.2) is 5.82 Å². The Morgan fingerprint density at radius 2 is 1.86 bits per heavy atom. The molecule has 28 heavy (non-hydrogen) atoms. The first-order valence-corrected chi connectivity index (χ1v) is 9.72. The lowest BCUT2D eigenvalue weighted by molar-refractivity contribution is 0.0899. The second-order valence-corrected chi connectivity index (χ2v) is 8.16. The molecule has 5 rings (SSSR count). The number of H-pyrrole nitrogens is 1. The van der Waals surface area contributed by atoms with Gasteiger partial charge in [0.25, 0.3) is 0 Å². The van der Waals surface area contributed by atoms with E-state index >= 15 is 0 Å². The highest BCUT2D eigenvalue weighted by atomic mass is 16.3. The highest BCUT2D eigenvalue weighted by molar-refractivity contribution is 5.73. The van der Waals surface area contributed by atoms with Crippen molar-refractivity contribution in [3.63, 3.8) is 0 Å². The number of hydrogen-bond acceptors (Lipinski definition) is 6. The van der Waals surface area contributed by atoms with Crippen LogP contribution in [0.4, 0.5) is 5.82 Å². The summed E-state index contributed by atoms with van der Waals surface area (Å²) >= 11 is 0. The van der Waals surface area contributed by atoms with Gasteiger partial charge in [-0.05, 0) is 62.8 Å². The SMILES string of the molecule is CN1CCC2(CC1)CN(c1ccc(-c3ccc(-c4cn[nH]c4)cc3O)nn1)C2. The van der Waals surface area contributed by atoms with E-state index in [1.807, 2.05) is 24.3 Å². The van der Waals surface area contributed by atoms with Crippen LogP contribution in [0, 0.1) is 5.41 Å². The third kappa shape index (κ3) is 3.01. The number of aromatic nitrogens is 4. The zero-order valence-electron chi connectivity index (χ0n) is 16.0. The summed E-state index contributed by atoms with van der Waals surface area (Å²) in [7, 11) is 2.20. The zero-order chi connectivity index (χ0) is 19.1. The van der Waals surface area contributed by atoms with Gasteiger partial charge in [-0.2, -0.15) is 5.10 Å². The van der Waals surface area contributed by atoms with Gasteiger partial charge in [0.05, 0.1) is 11.9 Å². The highest BCUT2D eigenvalue weighted by Crippen LogP contribution is 2.42. The second-order valence-electron chi connectivity index (χ2n) is 8.16. The third-order valence-electron chi connectivity index (χ3n) is 6.18. The molecule has 0 bridgehead atoms. The molecule has 2 saturated heterocycles. The highest BCUT2D eigenvalue weighted by Gasteiger charge is 2.44. The first-order valence-electron chi connectivity index (χ1n) is 9.72. The monoisotopic (exact) mass is 376 g/mol. The molecule has 0 amide bonds. The Balaban J connectivity index is 1.30. The number of aromatic amines is 1. The summed E-state index contributed by atoms with van der Waals surface area (Å²) in [4.78, 5) is 4.72. The summed E-state index contributed by atoms with van der Waals surface area (Å²) in [5.74, 6) is 1.11. The minimum Gasteiger partial charge on any atom is -0.507 e. The number of benzene rings is 1. The normalized spacial score (nSPS) is 19.0. The molecule has 1 spiro atoms. The molecule has 0 aliphatic carbocycles. The van der Waals surface area contributed by atoms with Crippen LogP contribution in [0.5, 0.6) is 5.75 Å². The molecule has 7 nitrogen and oxygen atoms in total. The molecule has 2 N–H and O–H groups in total. The Bertz CT molecular complexity index is 953. The molecule has 4 heterocycles. The fraction of sp³-hybridized carbons (Fsp3) is 0.381. The molecule has 2 aliphatic rings. The van der Waals surface area contributed by atoms with E-state index in [1.54, 1.807) is 18.5 Å². The van der Waals surface area contributed by atoms with Crippen molar-refractivity contribution < 1.29 is 5.11 Å². The predicted molar refractivity (Wildman–Crippen MR) is 108 cm³/mol. The van der Waals surface area contributed by atoms with Gasteiger partial charge in [-0.15, -0.1) is 10.2 Å². The zero-order valence-corrected chi connectivity index (χ0v) is 16.0. The van der Waals surface area contributed by atoms with Crippen LogP contribution in [0.1, 0.15) is 12.8 Å². The van der Waals surface area contributed by atoms with Gasteiger partial charge >= 0.3 is 0 Å². The Kier molecular flexibility index (Phi) is 4.05. The summed E-state index contributed by atoms with van der Waals surface area (Å²) in [6.45, 7) is 4.51. The fourth-order valence-corrected chi connectivity index (χ4v) is 4.31. The number of nitrogens with zero attached hydrogens (tertiary/aromatic N) is 5. The van der Waals surface area contributed by atoms with Crippen molar-refractivity contribution in [3.8, 4) is 28.1 Å². The quantitative estimate of drug-likeness (QED) is 0.732. The van der Waals surface area contributed by atoms with E-state index in [0.29, 0.717) is 16.7 Å². The van der Waals surface area contributed by atoms with E-state index in [1.165, 1.54) is 25.9 Å². The molecule has 3 aromatic rings. The summed E-state index contributed by atoms with van der Waals surface area (Å²) in [6, 6.07) is 9.50. The number of likely N-dealkylation sites (tertiary alicyclic amines) is 1. The van der Waals surface area contributed by atoms with Gasteiger partial charge in [-0.3, -0.25) is 5.10 Å². The number of nitrogens with one attached hydrogen (secondary N) is 1. The minimum absolute atomic E-state index is 0.190. The average Bonchev–Trinajstić information content (AvgIpc) is 3.22. The summed E-state index contributed by atoms with van der Waals surface area (Å²) < 4.78 is 0. The molecule has 0 saturated carbocycles. The number of phenols is 1. The first kappa shape index (κ1) is 17.2. The Morgan fingerprint density at radius 1 is 1.04 bits per heavy atom. The van der Waals surface area contributed by atoms with Crippen molar-refractivity contribution in [2.24, 2.45) is 5.41 Å². The van der Waals surface area contributed by atoms with Crippen LogP contribution in [0.3, 0.4) is 0 Å². The number of hydrogen-bond donors (Lipinski definition) is 2. The molecule has 7 heteroatoms. The van der Waals surface area contributed by atoms with Crippen LogP contribution in [0.25, 0.3) is 22.4 Å². The van der Waals surface area contributed by atoms with Crippen LogP contribution < -0.4 is 4.90 Å². The number of phenolic OH excluding ortho intramolecular Hbond substituents is 1. The van der Waals surface area contributed by atoms with E-state index in [0.717, 1.165) is 30.0 Å². The van der Waals surface area contributed by atoms with Crippen LogP contribution in [-0.2, 0) is 0 Å². The van der Waals surface area contributed by atoms with Crippen molar-refractivity contribution in [3.05, 3.63) is 42.7 Å². The Labute approximate surface area is 164 Å². The molecular weight excluding hydrogens is 352 g/mol. The molecular formula is C21H24N6O. The van der Waals surface area contributed by atoms with Crippen molar-refractivity contribution in [1.29, 1.82) is 0 Å². The fourth-order valence-electron chi connectivity index (χ4n) is 4.31. The number of anilines is 1. The number of aromatic hydroxyl groups is 1. The van der Waals surface area contributed by atoms with Crippen LogP contribution >= 0.6 is 0 Å². The topological polar surface area (TPSA) is 81.2 Å². The van der Waals surface area contributed by atoms with E-state index in [2.05, 4.69) is 37.2 Å². The molecule has 2 aromatic heterocycles. The summed E-state index contributed by atoms with van der Waals surface area (Å²) in [6.07, 6.45) is 6.06. The third-order valence-corrected chi connectivity index (χ3v) is 6.18. The van der Waals surface area contributed by atoms with Gasteiger partial charge in [0, 0.05) is 35.8 Å². The van der Waals surface area contributed by atoms with Gasteiger partial charge < -0.3 is 14.9 Å². The lowest BCUT2D eigenvalue weighted by Gasteiger charge is -2.54. The largest absolute Gasteiger partial charge is 0.507 e. The van der Waals surface area contributed by atoms with Crippen molar-refractivity contribution in [2.75, 3.05) is 38.1 Å². The van der Waals surface area contributed by atoms with E-state index in [4.69, 9.17) is 0 Å².